The van der Waals surface area contributed by atoms with Crippen LogP contribution in [0.5, 0.6) is 5.88 Å². The minimum atomic E-state index is -0.631. The molecule has 5 nitrogen and oxygen atoms in total. The molecule has 0 amide bonds. The first-order valence-corrected chi connectivity index (χ1v) is 6.93. The average Bonchev–Trinajstić information content (AvgIpc) is 2.51. The van der Waals surface area contributed by atoms with Crippen molar-refractivity contribution in [3.8, 4) is 5.88 Å². The third-order valence-corrected chi connectivity index (χ3v) is 3.30. The monoisotopic (exact) mass is 287 g/mol. The van der Waals surface area contributed by atoms with Crippen molar-refractivity contribution in [3.63, 3.8) is 0 Å². The summed E-state index contributed by atoms with van der Waals surface area (Å²) >= 11 is 0. The third kappa shape index (κ3) is 3.44. The zero-order valence-electron chi connectivity index (χ0n) is 12.3. The van der Waals surface area contributed by atoms with Gasteiger partial charge in [0.25, 0.3) is 0 Å². The third-order valence-electron chi connectivity index (χ3n) is 3.30. The Morgan fingerprint density at radius 3 is 2.57 bits per heavy atom. The van der Waals surface area contributed by atoms with Crippen molar-refractivity contribution in [1.82, 2.24) is 4.98 Å². The predicted octanol–water partition coefficient (Wildman–Crippen LogP) is 2.38. The molecule has 5 heteroatoms. The highest BCUT2D eigenvalue weighted by Gasteiger charge is 2.26. The lowest BCUT2D eigenvalue weighted by atomic mass is 9.93. The van der Waals surface area contributed by atoms with Crippen LogP contribution in [0.1, 0.15) is 19.4 Å². The van der Waals surface area contributed by atoms with E-state index in [-0.39, 0.29) is 6.61 Å². The second-order valence-corrected chi connectivity index (χ2v) is 5.01. The molecule has 2 rings (SSSR count). The van der Waals surface area contributed by atoms with Crippen LogP contribution >= 0.6 is 0 Å². The topological polar surface area (TPSA) is 80.4 Å². The molecule has 2 aromatic rings. The zero-order chi connectivity index (χ0) is 15.3. The van der Waals surface area contributed by atoms with Gasteiger partial charge >= 0.3 is 0 Å². The SMILES string of the molecule is CCOc1nc(NC(C)(CO)c2ccccc2)ccc1N. The number of aromatic nitrogens is 1. The first-order chi connectivity index (χ1) is 10.1. The second-order valence-electron chi connectivity index (χ2n) is 5.01. The molecule has 1 heterocycles. The molecule has 4 N–H and O–H groups in total. The molecule has 1 unspecified atom stereocenters. The quantitative estimate of drug-likeness (QED) is 0.760. The molecule has 0 fully saturated rings. The van der Waals surface area contributed by atoms with Gasteiger partial charge in [-0.3, -0.25) is 0 Å². The molecule has 1 atom stereocenters. The summed E-state index contributed by atoms with van der Waals surface area (Å²) in [7, 11) is 0. The van der Waals surface area contributed by atoms with E-state index in [1.807, 2.05) is 44.2 Å². The summed E-state index contributed by atoms with van der Waals surface area (Å²) in [5, 5.41) is 13.0. The predicted molar refractivity (Wildman–Crippen MR) is 84.3 cm³/mol. The van der Waals surface area contributed by atoms with Crippen molar-refractivity contribution < 1.29 is 9.84 Å². The number of nitrogens with one attached hydrogen (secondary N) is 1. The van der Waals surface area contributed by atoms with Gasteiger partial charge < -0.3 is 20.9 Å². The van der Waals surface area contributed by atoms with E-state index in [1.165, 1.54) is 0 Å². The fraction of sp³-hybridized carbons (Fsp3) is 0.312. The number of rotatable bonds is 6. The number of pyridine rings is 1. The van der Waals surface area contributed by atoms with Crippen molar-refractivity contribution in [3.05, 3.63) is 48.0 Å². The van der Waals surface area contributed by atoms with Crippen LogP contribution in [0.2, 0.25) is 0 Å². The largest absolute Gasteiger partial charge is 0.476 e. The van der Waals surface area contributed by atoms with Crippen LogP contribution in [0.3, 0.4) is 0 Å². The molecule has 1 aromatic carbocycles. The lowest BCUT2D eigenvalue weighted by molar-refractivity contribution is 0.223. The number of anilines is 2. The Balaban J connectivity index is 2.28. The number of nitrogen functional groups attached to an aromatic ring is 1. The van der Waals surface area contributed by atoms with Crippen molar-refractivity contribution >= 4 is 11.5 Å². The van der Waals surface area contributed by atoms with E-state index in [0.29, 0.717) is 24.0 Å². The summed E-state index contributed by atoms with van der Waals surface area (Å²) < 4.78 is 5.39. The average molecular weight is 287 g/mol. The molecule has 0 aliphatic carbocycles. The fourth-order valence-corrected chi connectivity index (χ4v) is 2.06. The first-order valence-electron chi connectivity index (χ1n) is 6.93. The zero-order valence-corrected chi connectivity index (χ0v) is 12.3. The first kappa shape index (κ1) is 15.1. The van der Waals surface area contributed by atoms with Gasteiger partial charge in [0.2, 0.25) is 5.88 Å². The van der Waals surface area contributed by atoms with E-state index >= 15 is 0 Å². The van der Waals surface area contributed by atoms with Crippen LogP contribution in [0, 0.1) is 0 Å². The van der Waals surface area contributed by atoms with Gasteiger partial charge in [0.05, 0.1) is 24.4 Å². The van der Waals surface area contributed by atoms with Gasteiger partial charge in [-0.25, -0.2) is 0 Å². The van der Waals surface area contributed by atoms with Gasteiger partial charge in [-0.05, 0) is 31.5 Å². The van der Waals surface area contributed by atoms with Crippen LogP contribution < -0.4 is 15.8 Å². The Kier molecular flexibility index (Phi) is 4.65. The summed E-state index contributed by atoms with van der Waals surface area (Å²) in [5.74, 6) is 1.00. The van der Waals surface area contributed by atoms with Crippen molar-refractivity contribution in [2.75, 3.05) is 24.3 Å². The molecular formula is C16H21N3O2. The van der Waals surface area contributed by atoms with E-state index in [0.717, 1.165) is 5.56 Å². The highest BCUT2D eigenvalue weighted by Crippen LogP contribution is 2.27. The molecule has 0 spiro atoms. The lowest BCUT2D eigenvalue weighted by Crippen LogP contribution is -2.36. The van der Waals surface area contributed by atoms with Crippen molar-refractivity contribution in [2.45, 2.75) is 19.4 Å². The van der Waals surface area contributed by atoms with E-state index in [2.05, 4.69) is 10.3 Å². The number of hydrogen-bond acceptors (Lipinski definition) is 5. The molecule has 0 bridgehead atoms. The normalized spacial score (nSPS) is 13.5. The minimum Gasteiger partial charge on any atom is -0.476 e. The molecule has 0 saturated carbocycles. The molecule has 0 aliphatic heterocycles. The van der Waals surface area contributed by atoms with Gasteiger partial charge in [-0.2, -0.15) is 4.98 Å². The summed E-state index contributed by atoms with van der Waals surface area (Å²) in [6.07, 6.45) is 0. The van der Waals surface area contributed by atoms with E-state index < -0.39 is 5.54 Å². The highest BCUT2D eigenvalue weighted by molar-refractivity contribution is 5.54. The Bertz CT molecular complexity index is 589. The second kappa shape index (κ2) is 6.45. The van der Waals surface area contributed by atoms with E-state index in [1.54, 1.807) is 12.1 Å². The number of nitrogens with zero attached hydrogens (tertiary/aromatic N) is 1. The number of ether oxygens (including phenoxy) is 1. The van der Waals surface area contributed by atoms with Crippen LogP contribution in [-0.4, -0.2) is 23.3 Å². The summed E-state index contributed by atoms with van der Waals surface area (Å²) in [4.78, 5) is 4.35. The van der Waals surface area contributed by atoms with Gasteiger partial charge in [0.15, 0.2) is 0 Å². The molecule has 112 valence electrons. The maximum Gasteiger partial charge on any atom is 0.239 e. The molecule has 0 radical (unpaired) electrons. The molecule has 0 aliphatic rings. The van der Waals surface area contributed by atoms with E-state index in [4.69, 9.17) is 10.5 Å². The number of benzene rings is 1. The van der Waals surface area contributed by atoms with Gasteiger partial charge in [0.1, 0.15) is 5.82 Å². The van der Waals surface area contributed by atoms with Gasteiger partial charge in [-0.15, -0.1) is 0 Å². The fourth-order valence-electron chi connectivity index (χ4n) is 2.06. The maximum atomic E-state index is 9.78. The number of nitrogens with two attached hydrogens (primary N) is 1. The van der Waals surface area contributed by atoms with Gasteiger partial charge in [-0.1, -0.05) is 30.3 Å². The summed E-state index contributed by atoms with van der Waals surface area (Å²) in [6, 6.07) is 13.3. The van der Waals surface area contributed by atoms with Crippen LogP contribution in [0.4, 0.5) is 11.5 Å². The Morgan fingerprint density at radius 2 is 1.95 bits per heavy atom. The van der Waals surface area contributed by atoms with Crippen LogP contribution in [0.25, 0.3) is 0 Å². The van der Waals surface area contributed by atoms with Crippen LogP contribution in [0.15, 0.2) is 42.5 Å². The lowest BCUT2D eigenvalue weighted by Gasteiger charge is -2.30. The molecule has 0 saturated heterocycles. The number of aliphatic hydroxyl groups excluding tert-OH is 1. The Morgan fingerprint density at radius 1 is 1.24 bits per heavy atom. The van der Waals surface area contributed by atoms with E-state index in [9.17, 15) is 5.11 Å². The molecule has 21 heavy (non-hydrogen) atoms. The Labute approximate surface area is 124 Å². The van der Waals surface area contributed by atoms with Gasteiger partial charge in [0, 0.05) is 0 Å². The van der Waals surface area contributed by atoms with Crippen molar-refractivity contribution in [2.24, 2.45) is 0 Å². The molecule has 1 aromatic heterocycles. The number of hydrogen-bond donors (Lipinski definition) is 3. The smallest absolute Gasteiger partial charge is 0.239 e. The maximum absolute atomic E-state index is 9.78. The summed E-state index contributed by atoms with van der Waals surface area (Å²) in [5.41, 5.74) is 6.66. The number of aliphatic hydroxyl groups is 1. The minimum absolute atomic E-state index is 0.0625. The van der Waals surface area contributed by atoms with Crippen LogP contribution in [-0.2, 0) is 5.54 Å². The van der Waals surface area contributed by atoms with Crippen molar-refractivity contribution in [1.29, 1.82) is 0 Å². The Hall–Kier alpha value is -2.27. The highest BCUT2D eigenvalue weighted by atomic mass is 16.5. The molecular weight excluding hydrogens is 266 g/mol. The summed E-state index contributed by atoms with van der Waals surface area (Å²) in [6.45, 7) is 4.23. The standard InChI is InChI=1S/C16H21N3O2/c1-3-21-15-13(17)9-10-14(18-15)19-16(2,11-20)12-7-5-4-6-8-12/h4-10,20H,3,11,17H2,1-2H3,(H,18,19).